The van der Waals surface area contributed by atoms with Crippen LogP contribution in [-0.4, -0.2) is 50.7 Å². The monoisotopic (exact) mass is 550 g/mol. The summed E-state index contributed by atoms with van der Waals surface area (Å²) in [6.07, 6.45) is 5.89. The van der Waals surface area contributed by atoms with Crippen molar-refractivity contribution in [3.05, 3.63) is 107 Å². The van der Waals surface area contributed by atoms with E-state index in [0.29, 0.717) is 44.3 Å². The van der Waals surface area contributed by atoms with Crippen LogP contribution in [0.3, 0.4) is 0 Å². The number of nitrogens with two attached hydrogens (primary N) is 1. The average molecular weight is 551 g/mol. The number of anilines is 1. The van der Waals surface area contributed by atoms with Crippen LogP contribution in [0.4, 0.5) is 10.3 Å². The number of hydrogen-bond acceptors (Lipinski definition) is 7. The van der Waals surface area contributed by atoms with E-state index in [4.69, 9.17) is 10.6 Å². The lowest BCUT2D eigenvalue weighted by Crippen LogP contribution is -2.40. The van der Waals surface area contributed by atoms with E-state index in [1.165, 1.54) is 6.07 Å². The molecule has 1 amide bonds. The second-order valence-corrected chi connectivity index (χ2v) is 10.6. The lowest BCUT2D eigenvalue weighted by Gasteiger charge is -2.31. The Morgan fingerprint density at radius 3 is 2.61 bits per heavy atom. The third-order valence-electron chi connectivity index (χ3n) is 7.84. The topological polar surface area (TPSA) is 107 Å². The first-order valence-corrected chi connectivity index (χ1v) is 13.9. The number of piperidine rings is 1. The van der Waals surface area contributed by atoms with Crippen molar-refractivity contribution in [2.75, 3.05) is 18.8 Å². The summed E-state index contributed by atoms with van der Waals surface area (Å²) in [5, 5.41) is 4.67. The Morgan fingerprint density at radius 2 is 1.85 bits per heavy atom. The Labute approximate surface area is 238 Å². The Balaban J connectivity index is 1.25. The Hall–Kier alpha value is -4.66. The molecule has 1 aliphatic carbocycles. The lowest BCUT2D eigenvalue weighted by atomic mass is 9.78. The molecule has 2 aromatic heterocycles. The van der Waals surface area contributed by atoms with Gasteiger partial charge in [-0.2, -0.15) is 0 Å². The van der Waals surface area contributed by atoms with Crippen molar-refractivity contribution in [2.24, 2.45) is 5.16 Å². The van der Waals surface area contributed by atoms with E-state index in [2.05, 4.69) is 20.1 Å². The molecule has 0 bridgehead atoms. The molecule has 1 fully saturated rings. The van der Waals surface area contributed by atoms with Crippen molar-refractivity contribution in [1.82, 2.24) is 19.9 Å². The molecule has 1 aliphatic heterocycles. The highest BCUT2D eigenvalue weighted by Crippen LogP contribution is 2.38. The number of carbonyl (C=O) groups excluding carboxylic acids is 1. The molecule has 208 valence electrons. The minimum Gasteiger partial charge on any atom is -0.392 e. The quantitative estimate of drug-likeness (QED) is 0.337. The molecule has 0 radical (unpaired) electrons. The molecule has 1 saturated heterocycles. The molecular weight excluding hydrogens is 519 g/mol. The molecule has 2 N–H and O–H groups in total. The van der Waals surface area contributed by atoms with Gasteiger partial charge < -0.3 is 15.5 Å². The van der Waals surface area contributed by atoms with Gasteiger partial charge in [-0.05, 0) is 60.7 Å². The number of pyridine rings is 1. The van der Waals surface area contributed by atoms with E-state index in [0.717, 1.165) is 39.4 Å². The maximum atomic E-state index is 14.4. The van der Waals surface area contributed by atoms with Crippen LogP contribution in [0.2, 0.25) is 0 Å². The number of amides is 1. The summed E-state index contributed by atoms with van der Waals surface area (Å²) in [6, 6.07) is 18.0. The molecule has 3 heterocycles. The number of halogens is 1. The summed E-state index contributed by atoms with van der Waals surface area (Å²) in [5.74, 6) is -0.0852. The predicted molar refractivity (Wildman–Crippen MR) is 155 cm³/mol. The van der Waals surface area contributed by atoms with Crippen molar-refractivity contribution in [2.45, 2.75) is 44.6 Å². The second kappa shape index (κ2) is 11.4. The average Bonchev–Trinajstić information content (AvgIpc) is 3.00. The lowest BCUT2D eigenvalue weighted by molar-refractivity contribution is 0.0113. The first-order chi connectivity index (χ1) is 20.0. The van der Waals surface area contributed by atoms with Gasteiger partial charge in [-0.15, -0.1) is 0 Å². The molecule has 8 nitrogen and oxygen atoms in total. The summed E-state index contributed by atoms with van der Waals surface area (Å²) < 4.78 is 14.4. The standard InChI is InChI=1S/C32H31FN6O2/c1-20-30-28(37-32(34)36-20)16-23(26-10-9-24(33)18-27(26)22-8-5-13-35-19-22)17-29(30)38-41-25-11-14-39(15-12-25)31(40)21-6-3-2-4-7-21/h2-10,13,18-19,23,25H,11-12,14-17H2,1H3,(H2,34,36,37). The zero-order valence-corrected chi connectivity index (χ0v) is 22.8. The zero-order chi connectivity index (χ0) is 28.3. The summed E-state index contributed by atoms with van der Waals surface area (Å²) in [5.41, 5.74) is 12.5. The molecule has 2 aliphatic rings. The van der Waals surface area contributed by atoms with Crippen LogP contribution < -0.4 is 5.73 Å². The van der Waals surface area contributed by atoms with E-state index >= 15 is 0 Å². The number of aromatic nitrogens is 3. The highest BCUT2D eigenvalue weighted by Gasteiger charge is 2.31. The van der Waals surface area contributed by atoms with Crippen molar-refractivity contribution in [3.8, 4) is 11.1 Å². The molecule has 9 heteroatoms. The number of fused-ring (bicyclic) bond motifs is 1. The van der Waals surface area contributed by atoms with E-state index in [9.17, 15) is 9.18 Å². The van der Waals surface area contributed by atoms with Crippen LogP contribution >= 0.6 is 0 Å². The Bertz CT molecular complexity index is 1590. The number of nitrogens with zero attached hydrogens (tertiary/aromatic N) is 5. The summed E-state index contributed by atoms with van der Waals surface area (Å²) in [6.45, 7) is 3.11. The van der Waals surface area contributed by atoms with Crippen LogP contribution in [0, 0.1) is 12.7 Å². The fourth-order valence-corrected chi connectivity index (χ4v) is 5.84. The van der Waals surface area contributed by atoms with Crippen molar-refractivity contribution in [1.29, 1.82) is 0 Å². The van der Waals surface area contributed by atoms with Crippen LogP contribution in [0.1, 0.15) is 58.1 Å². The zero-order valence-electron chi connectivity index (χ0n) is 22.8. The summed E-state index contributed by atoms with van der Waals surface area (Å²) >= 11 is 0. The summed E-state index contributed by atoms with van der Waals surface area (Å²) in [4.78, 5) is 34.0. The molecule has 2 aromatic carbocycles. The van der Waals surface area contributed by atoms with E-state index < -0.39 is 0 Å². The van der Waals surface area contributed by atoms with Crippen molar-refractivity contribution in [3.63, 3.8) is 0 Å². The molecule has 4 aromatic rings. The van der Waals surface area contributed by atoms with Crippen molar-refractivity contribution >= 4 is 17.6 Å². The number of oxime groups is 1. The van der Waals surface area contributed by atoms with E-state index in [1.807, 2.05) is 60.4 Å². The molecule has 0 saturated carbocycles. The van der Waals surface area contributed by atoms with Gasteiger partial charge >= 0.3 is 0 Å². The number of carbonyl (C=O) groups is 1. The SMILES string of the molecule is Cc1nc(N)nc2c1C(=NOC1CCN(C(=O)c3ccccc3)CC1)CC(c1ccc(F)cc1-c1cccnc1)C2. The van der Waals surface area contributed by atoms with E-state index in [-0.39, 0.29) is 29.7 Å². The first kappa shape index (κ1) is 26.6. The third kappa shape index (κ3) is 5.66. The van der Waals surface area contributed by atoms with Gasteiger partial charge in [0.05, 0.1) is 17.1 Å². The van der Waals surface area contributed by atoms with Gasteiger partial charge in [0.1, 0.15) is 11.9 Å². The minimum absolute atomic E-state index is 0.0281. The molecule has 6 rings (SSSR count). The maximum Gasteiger partial charge on any atom is 0.253 e. The van der Waals surface area contributed by atoms with Gasteiger partial charge in [-0.1, -0.05) is 35.5 Å². The first-order valence-electron chi connectivity index (χ1n) is 13.9. The smallest absolute Gasteiger partial charge is 0.253 e. The number of nitrogen functional groups attached to an aromatic ring is 1. The van der Waals surface area contributed by atoms with Gasteiger partial charge in [0.2, 0.25) is 5.95 Å². The van der Waals surface area contributed by atoms with Gasteiger partial charge in [0, 0.05) is 61.4 Å². The fourth-order valence-electron chi connectivity index (χ4n) is 5.84. The Kier molecular flexibility index (Phi) is 7.41. The molecule has 41 heavy (non-hydrogen) atoms. The number of benzene rings is 2. The fraction of sp³-hybridized carbons (Fsp3) is 0.281. The van der Waals surface area contributed by atoms with Gasteiger partial charge in [-0.3, -0.25) is 9.78 Å². The number of likely N-dealkylation sites (tertiary alicyclic amines) is 1. The largest absolute Gasteiger partial charge is 0.392 e. The molecular formula is C32H31FN6O2. The van der Waals surface area contributed by atoms with Crippen LogP contribution in [-0.2, 0) is 11.3 Å². The molecule has 1 unspecified atom stereocenters. The van der Waals surface area contributed by atoms with Gasteiger partial charge in [0.25, 0.3) is 5.91 Å². The highest BCUT2D eigenvalue weighted by molar-refractivity contribution is 6.03. The van der Waals surface area contributed by atoms with Gasteiger partial charge in [-0.25, -0.2) is 14.4 Å². The van der Waals surface area contributed by atoms with Crippen LogP contribution in [0.15, 0.2) is 78.2 Å². The summed E-state index contributed by atoms with van der Waals surface area (Å²) in [7, 11) is 0. The second-order valence-electron chi connectivity index (χ2n) is 10.6. The highest BCUT2D eigenvalue weighted by atomic mass is 19.1. The molecule has 0 spiro atoms. The number of aryl methyl sites for hydroxylation is 1. The van der Waals surface area contributed by atoms with Crippen LogP contribution in [0.5, 0.6) is 0 Å². The van der Waals surface area contributed by atoms with Crippen molar-refractivity contribution < 1.29 is 14.0 Å². The third-order valence-corrected chi connectivity index (χ3v) is 7.84. The number of hydrogen-bond donors (Lipinski definition) is 1. The predicted octanol–water partition coefficient (Wildman–Crippen LogP) is 5.32. The molecule has 1 atom stereocenters. The van der Waals surface area contributed by atoms with E-state index in [1.54, 1.807) is 18.5 Å². The number of rotatable bonds is 5. The maximum absolute atomic E-state index is 14.4. The van der Waals surface area contributed by atoms with Gasteiger partial charge in [0.15, 0.2) is 0 Å². The van der Waals surface area contributed by atoms with Crippen LogP contribution in [0.25, 0.3) is 11.1 Å². The minimum atomic E-state index is -0.305. The normalized spacial score (nSPS) is 18.2. The Morgan fingerprint density at radius 1 is 1.05 bits per heavy atom.